The molecule has 18 heavy (non-hydrogen) atoms. The maximum atomic E-state index is 11.6. The number of ether oxygens (including phenoxy) is 1. The second kappa shape index (κ2) is 9.34. The van der Waals surface area contributed by atoms with E-state index < -0.39 is 0 Å². The maximum absolute atomic E-state index is 11.6. The van der Waals surface area contributed by atoms with Crippen molar-refractivity contribution in [2.24, 2.45) is 11.1 Å². The van der Waals surface area contributed by atoms with Gasteiger partial charge in [-0.05, 0) is 24.7 Å². The maximum Gasteiger partial charge on any atom is 0.221 e. The van der Waals surface area contributed by atoms with Gasteiger partial charge in [-0.1, -0.05) is 27.7 Å². The van der Waals surface area contributed by atoms with E-state index in [-0.39, 0.29) is 17.4 Å². The lowest BCUT2D eigenvalue weighted by Gasteiger charge is -2.22. The summed E-state index contributed by atoms with van der Waals surface area (Å²) in [5.74, 6) is 0.0437. The van der Waals surface area contributed by atoms with E-state index in [1.165, 1.54) is 0 Å². The number of hydrogen-bond donors (Lipinski definition) is 2. The third-order valence-electron chi connectivity index (χ3n) is 2.46. The lowest BCUT2D eigenvalue weighted by molar-refractivity contribution is -0.121. The first-order valence-electron chi connectivity index (χ1n) is 6.95. The first-order chi connectivity index (χ1) is 8.35. The molecule has 0 heterocycles. The molecule has 0 saturated heterocycles. The number of amides is 1. The molecule has 0 aliphatic heterocycles. The van der Waals surface area contributed by atoms with Crippen LogP contribution in [0.1, 0.15) is 53.4 Å². The highest BCUT2D eigenvalue weighted by Crippen LogP contribution is 2.20. The van der Waals surface area contributed by atoms with Gasteiger partial charge in [0.2, 0.25) is 5.91 Å². The van der Waals surface area contributed by atoms with Crippen LogP contribution in [-0.4, -0.2) is 31.7 Å². The number of carbonyl (C=O) groups is 1. The molecule has 0 aromatic carbocycles. The van der Waals surface area contributed by atoms with Crippen molar-refractivity contribution in [3.8, 4) is 0 Å². The Hall–Kier alpha value is -0.610. The Balaban J connectivity index is 3.53. The highest BCUT2D eigenvalue weighted by atomic mass is 16.5. The van der Waals surface area contributed by atoms with Gasteiger partial charge < -0.3 is 15.8 Å². The summed E-state index contributed by atoms with van der Waals surface area (Å²) in [7, 11) is 0. The lowest BCUT2D eigenvalue weighted by atomic mass is 9.87. The summed E-state index contributed by atoms with van der Waals surface area (Å²) >= 11 is 0. The molecule has 0 aliphatic carbocycles. The van der Waals surface area contributed by atoms with Crippen molar-refractivity contribution in [2.45, 2.75) is 59.4 Å². The largest absolute Gasteiger partial charge is 0.381 e. The van der Waals surface area contributed by atoms with Crippen molar-refractivity contribution >= 4 is 5.91 Å². The Morgan fingerprint density at radius 3 is 2.56 bits per heavy atom. The normalized spacial score (nSPS) is 13.4. The Morgan fingerprint density at radius 2 is 2.00 bits per heavy atom. The van der Waals surface area contributed by atoms with E-state index in [2.05, 4.69) is 33.0 Å². The second-order valence-electron chi connectivity index (χ2n) is 6.04. The van der Waals surface area contributed by atoms with Gasteiger partial charge in [0.05, 0.1) is 0 Å². The average Bonchev–Trinajstić information content (AvgIpc) is 2.20. The van der Waals surface area contributed by atoms with E-state index in [9.17, 15) is 4.79 Å². The smallest absolute Gasteiger partial charge is 0.221 e. The number of rotatable bonds is 9. The minimum atomic E-state index is -0.0543. The van der Waals surface area contributed by atoms with E-state index in [0.717, 1.165) is 25.9 Å². The predicted molar refractivity (Wildman–Crippen MR) is 75.4 cm³/mol. The van der Waals surface area contributed by atoms with Crippen LogP contribution >= 0.6 is 0 Å². The van der Waals surface area contributed by atoms with E-state index >= 15 is 0 Å². The van der Waals surface area contributed by atoms with Crippen LogP contribution in [0.3, 0.4) is 0 Å². The van der Waals surface area contributed by atoms with Crippen molar-refractivity contribution in [1.29, 1.82) is 0 Å². The fourth-order valence-corrected chi connectivity index (χ4v) is 1.82. The third kappa shape index (κ3) is 11.9. The predicted octanol–water partition coefficient (Wildman–Crippen LogP) is 2.07. The number of carbonyl (C=O) groups excluding carboxylic acids is 1. The van der Waals surface area contributed by atoms with Gasteiger partial charge in [-0.2, -0.15) is 0 Å². The van der Waals surface area contributed by atoms with Crippen LogP contribution in [-0.2, 0) is 9.53 Å². The molecule has 0 aliphatic rings. The van der Waals surface area contributed by atoms with Crippen molar-refractivity contribution in [1.82, 2.24) is 5.32 Å². The molecular weight excluding hydrogens is 228 g/mol. The fourth-order valence-electron chi connectivity index (χ4n) is 1.82. The molecular formula is C14H30N2O2. The van der Waals surface area contributed by atoms with Gasteiger partial charge >= 0.3 is 0 Å². The number of nitrogens with two attached hydrogens (primary N) is 1. The highest BCUT2D eigenvalue weighted by molar-refractivity contribution is 5.76. The van der Waals surface area contributed by atoms with Gasteiger partial charge in [-0.15, -0.1) is 0 Å². The van der Waals surface area contributed by atoms with Crippen LogP contribution in [0.25, 0.3) is 0 Å². The zero-order valence-corrected chi connectivity index (χ0v) is 12.4. The fraction of sp³-hybridized carbons (Fsp3) is 0.929. The number of hydrogen-bond acceptors (Lipinski definition) is 3. The van der Waals surface area contributed by atoms with Crippen molar-refractivity contribution in [3.63, 3.8) is 0 Å². The minimum absolute atomic E-state index is 0.0437. The topological polar surface area (TPSA) is 64.3 Å². The zero-order valence-electron chi connectivity index (χ0n) is 12.4. The van der Waals surface area contributed by atoms with Gasteiger partial charge in [-0.3, -0.25) is 4.79 Å². The Labute approximate surface area is 112 Å². The van der Waals surface area contributed by atoms with Crippen LogP contribution in [0.2, 0.25) is 0 Å². The first kappa shape index (κ1) is 17.4. The SMILES string of the molecule is CCCOCCCNC(=O)CC(N)CC(C)(C)C. The van der Waals surface area contributed by atoms with Gasteiger partial charge in [0.1, 0.15) is 0 Å². The van der Waals surface area contributed by atoms with Crippen molar-refractivity contribution in [2.75, 3.05) is 19.8 Å². The molecule has 1 amide bonds. The molecule has 0 aromatic heterocycles. The van der Waals surface area contributed by atoms with E-state index in [1.807, 2.05) is 0 Å². The Bertz CT molecular complexity index is 224. The zero-order chi connectivity index (χ0) is 14.0. The lowest BCUT2D eigenvalue weighted by Crippen LogP contribution is -2.34. The standard InChI is InChI=1S/C14H30N2O2/c1-5-8-18-9-6-7-16-13(17)10-12(15)11-14(2,3)4/h12H,5-11,15H2,1-4H3,(H,16,17). The molecule has 4 heteroatoms. The van der Waals surface area contributed by atoms with Gasteiger partial charge in [-0.25, -0.2) is 0 Å². The van der Waals surface area contributed by atoms with Crippen LogP contribution in [0, 0.1) is 5.41 Å². The molecule has 3 N–H and O–H groups in total. The minimum Gasteiger partial charge on any atom is -0.381 e. The second-order valence-corrected chi connectivity index (χ2v) is 6.04. The summed E-state index contributed by atoms with van der Waals surface area (Å²) in [6, 6.07) is -0.0543. The molecule has 0 bridgehead atoms. The molecule has 0 saturated carbocycles. The monoisotopic (exact) mass is 258 g/mol. The van der Waals surface area contributed by atoms with E-state index in [0.29, 0.717) is 19.6 Å². The summed E-state index contributed by atoms with van der Waals surface area (Å²) in [6.07, 6.45) is 3.17. The molecule has 0 rings (SSSR count). The van der Waals surface area contributed by atoms with E-state index in [1.54, 1.807) is 0 Å². The van der Waals surface area contributed by atoms with Gasteiger partial charge in [0.25, 0.3) is 0 Å². The molecule has 0 fully saturated rings. The molecule has 108 valence electrons. The van der Waals surface area contributed by atoms with Crippen LogP contribution in [0.4, 0.5) is 0 Å². The van der Waals surface area contributed by atoms with Gasteiger partial charge in [0.15, 0.2) is 0 Å². The molecule has 0 radical (unpaired) electrons. The molecule has 0 aromatic rings. The van der Waals surface area contributed by atoms with Gasteiger partial charge in [0, 0.05) is 32.2 Å². The molecule has 0 spiro atoms. The van der Waals surface area contributed by atoms with Crippen molar-refractivity contribution < 1.29 is 9.53 Å². The van der Waals surface area contributed by atoms with Crippen molar-refractivity contribution in [3.05, 3.63) is 0 Å². The summed E-state index contributed by atoms with van der Waals surface area (Å²) in [5, 5.41) is 2.88. The third-order valence-corrected chi connectivity index (χ3v) is 2.46. The molecule has 1 atom stereocenters. The summed E-state index contributed by atoms with van der Waals surface area (Å²) in [5.41, 5.74) is 6.12. The summed E-state index contributed by atoms with van der Waals surface area (Å²) < 4.78 is 5.34. The molecule has 1 unspecified atom stereocenters. The van der Waals surface area contributed by atoms with Crippen LogP contribution < -0.4 is 11.1 Å². The summed E-state index contributed by atoms with van der Waals surface area (Å²) in [4.78, 5) is 11.6. The summed E-state index contributed by atoms with van der Waals surface area (Å²) in [6.45, 7) is 10.7. The quantitative estimate of drug-likeness (QED) is 0.622. The highest BCUT2D eigenvalue weighted by Gasteiger charge is 2.17. The Morgan fingerprint density at radius 1 is 1.33 bits per heavy atom. The average molecular weight is 258 g/mol. The van der Waals surface area contributed by atoms with Crippen LogP contribution in [0.5, 0.6) is 0 Å². The molecule has 4 nitrogen and oxygen atoms in total. The number of nitrogens with one attached hydrogen (secondary N) is 1. The van der Waals surface area contributed by atoms with E-state index in [4.69, 9.17) is 10.5 Å². The Kier molecular flexibility index (Phi) is 9.02. The first-order valence-corrected chi connectivity index (χ1v) is 6.95. The van der Waals surface area contributed by atoms with Crippen LogP contribution in [0.15, 0.2) is 0 Å².